The summed E-state index contributed by atoms with van der Waals surface area (Å²) in [7, 11) is 0. The summed E-state index contributed by atoms with van der Waals surface area (Å²) < 4.78 is 16.7. The van der Waals surface area contributed by atoms with Gasteiger partial charge >= 0.3 is 17.9 Å². The van der Waals surface area contributed by atoms with Crippen molar-refractivity contribution in [1.29, 1.82) is 0 Å². The fourth-order valence-corrected chi connectivity index (χ4v) is 6.84. The van der Waals surface area contributed by atoms with E-state index in [1.807, 2.05) is 0 Å². The molecule has 6 nitrogen and oxygen atoms in total. The molecule has 0 radical (unpaired) electrons. The van der Waals surface area contributed by atoms with Crippen molar-refractivity contribution in [2.45, 2.75) is 258 Å². The molecule has 0 heterocycles. The lowest BCUT2D eigenvalue weighted by Gasteiger charge is -2.18. The molecule has 0 saturated carbocycles. The van der Waals surface area contributed by atoms with Gasteiger partial charge in [0.2, 0.25) is 0 Å². The summed E-state index contributed by atoms with van der Waals surface area (Å²) in [6, 6.07) is 0. The molecule has 0 aliphatic carbocycles. The van der Waals surface area contributed by atoms with E-state index in [9.17, 15) is 14.4 Å². The van der Waals surface area contributed by atoms with Crippen molar-refractivity contribution in [1.82, 2.24) is 0 Å². The van der Waals surface area contributed by atoms with Gasteiger partial charge in [0.15, 0.2) is 6.10 Å². The average Bonchev–Trinajstić information content (AvgIpc) is 3.18. The van der Waals surface area contributed by atoms with Crippen molar-refractivity contribution in [2.75, 3.05) is 13.2 Å². The first kappa shape index (κ1) is 52.9. The molecule has 0 amide bonds. The summed E-state index contributed by atoms with van der Waals surface area (Å²) in [6.45, 7) is 6.60. The summed E-state index contributed by atoms with van der Waals surface area (Å²) in [5.41, 5.74) is 0. The second-order valence-electron chi connectivity index (χ2n) is 16.1. The van der Waals surface area contributed by atoms with Crippen LogP contribution < -0.4 is 0 Å². The molecule has 0 fully saturated rings. The minimum absolute atomic E-state index is 0.0757. The number of unbranched alkanes of at least 4 members (excludes halogenated alkanes) is 29. The number of ether oxygens (including phenoxy) is 3. The number of esters is 3. The standard InChI is InChI=1S/C49H90O6/c1-4-7-10-13-16-19-22-23-24-25-26-28-30-33-36-39-42-48(51)54-45-46(44-53-47(50)41-38-35-32-29-21-18-15-12-9-6-3)55-49(52)43-40-37-34-31-27-20-17-14-11-8-5-2/h24-26,28,46H,4-23,27,29-45H2,1-3H3/b25-24-,28-26-. The van der Waals surface area contributed by atoms with Gasteiger partial charge in [0.1, 0.15) is 13.2 Å². The van der Waals surface area contributed by atoms with Crippen LogP contribution in [0.15, 0.2) is 24.3 Å². The lowest BCUT2D eigenvalue weighted by Crippen LogP contribution is -2.30. The van der Waals surface area contributed by atoms with Crippen LogP contribution in [0.25, 0.3) is 0 Å². The third-order valence-corrected chi connectivity index (χ3v) is 10.5. The van der Waals surface area contributed by atoms with Crippen LogP contribution in [0, 0.1) is 0 Å². The van der Waals surface area contributed by atoms with Gasteiger partial charge < -0.3 is 14.2 Å². The SMILES string of the molecule is CCCCCCCCC/C=C\C=C/CCCCCC(=O)OCC(COC(=O)CCCCCCCCCCCC)OC(=O)CCCCCCCCCCCCC. The van der Waals surface area contributed by atoms with Crippen LogP contribution in [0.5, 0.6) is 0 Å². The summed E-state index contributed by atoms with van der Waals surface area (Å²) in [6.07, 6.45) is 48.7. The third-order valence-electron chi connectivity index (χ3n) is 10.5. The highest BCUT2D eigenvalue weighted by atomic mass is 16.6. The van der Waals surface area contributed by atoms with E-state index in [4.69, 9.17) is 14.2 Å². The maximum atomic E-state index is 12.7. The predicted octanol–water partition coefficient (Wildman–Crippen LogP) is 15.2. The Labute approximate surface area is 341 Å². The van der Waals surface area contributed by atoms with Crippen molar-refractivity contribution >= 4 is 17.9 Å². The average molecular weight is 775 g/mol. The molecule has 0 saturated heterocycles. The Morgan fingerprint density at radius 2 is 0.636 bits per heavy atom. The second kappa shape index (κ2) is 44.6. The molecule has 0 rings (SSSR count). The topological polar surface area (TPSA) is 78.9 Å². The van der Waals surface area contributed by atoms with Crippen LogP contribution in [0.1, 0.15) is 252 Å². The maximum absolute atomic E-state index is 12.7. The molecule has 55 heavy (non-hydrogen) atoms. The Bertz CT molecular complexity index is 896. The zero-order valence-corrected chi connectivity index (χ0v) is 36.7. The molecule has 1 unspecified atom stereocenters. The van der Waals surface area contributed by atoms with Crippen LogP contribution in [0.2, 0.25) is 0 Å². The summed E-state index contributed by atoms with van der Waals surface area (Å²) in [5.74, 6) is -0.898. The van der Waals surface area contributed by atoms with E-state index in [2.05, 4.69) is 45.1 Å². The van der Waals surface area contributed by atoms with Gasteiger partial charge in [-0.1, -0.05) is 212 Å². The number of allylic oxidation sites excluding steroid dienone is 4. The lowest BCUT2D eigenvalue weighted by molar-refractivity contribution is -0.167. The quantitative estimate of drug-likeness (QED) is 0.0266. The van der Waals surface area contributed by atoms with Gasteiger partial charge in [0.25, 0.3) is 0 Å². The first-order chi connectivity index (χ1) is 27.0. The normalized spacial score (nSPS) is 12.1. The van der Waals surface area contributed by atoms with Crippen LogP contribution in [0.4, 0.5) is 0 Å². The molecule has 0 spiro atoms. The van der Waals surface area contributed by atoms with Gasteiger partial charge in [0, 0.05) is 19.3 Å². The maximum Gasteiger partial charge on any atom is 0.306 e. The minimum atomic E-state index is -0.773. The predicted molar refractivity (Wildman–Crippen MR) is 233 cm³/mol. The van der Waals surface area contributed by atoms with Crippen molar-refractivity contribution < 1.29 is 28.6 Å². The van der Waals surface area contributed by atoms with E-state index in [1.165, 1.54) is 141 Å². The van der Waals surface area contributed by atoms with Gasteiger partial charge in [0.05, 0.1) is 0 Å². The van der Waals surface area contributed by atoms with Gasteiger partial charge in [-0.05, 0) is 44.9 Å². The zero-order chi connectivity index (χ0) is 40.1. The molecule has 0 aromatic rings. The molecule has 322 valence electrons. The van der Waals surface area contributed by atoms with Crippen LogP contribution in [0.3, 0.4) is 0 Å². The highest BCUT2D eigenvalue weighted by molar-refractivity contribution is 5.71. The highest BCUT2D eigenvalue weighted by Gasteiger charge is 2.19. The Hall–Kier alpha value is -2.11. The van der Waals surface area contributed by atoms with Crippen molar-refractivity contribution in [3.05, 3.63) is 24.3 Å². The molecule has 0 aromatic heterocycles. The Kier molecular flexibility index (Phi) is 42.9. The molecular formula is C49H90O6. The zero-order valence-electron chi connectivity index (χ0n) is 36.7. The molecular weight excluding hydrogens is 685 g/mol. The number of hydrogen-bond acceptors (Lipinski definition) is 6. The lowest BCUT2D eigenvalue weighted by atomic mass is 10.1. The first-order valence-electron chi connectivity index (χ1n) is 23.9. The number of hydrogen-bond donors (Lipinski definition) is 0. The molecule has 6 heteroatoms. The van der Waals surface area contributed by atoms with E-state index in [0.717, 1.165) is 70.6 Å². The fourth-order valence-electron chi connectivity index (χ4n) is 6.84. The smallest absolute Gasteiger partial charge is 0.306 e. The Morgan fingerprint density at radius 3 is 0.982 bits per heavy atom. The summed E-state index contributed by atoms with van der Waals surface area (Å²) in [4.78, 5) is 37.7. The minimum Gasteiger partial charge on any atom is -0.462 e. The molecule has 0 aliphatic heterocycles. The van der Waals surface area contributed by atoms with Crippen molar-refractivity contribution in [3.63, 3.8) is 0 Å². The third kappa shape index (κ3) is 42.9. The molecule has 1 atom stereocenters. The monoisotopic (exact) mass is 775 g/mol. The summed E-state index contributed by atoms with van der Waals surface area (Å²) in [5, 5.41) is 0. The number of carbonyl (C=O) groups is 3. The van der Waals surface area contributed by atoms with E-state index in [0.29, 0.717) is 19.3 Å². The van der Waals surface area contributed by atoms with E-state index in [-0.39, 0.29) is 31.1 Å². The molecule has 0 aliphatic rings. The van der Waals surface area contributed by atoms with Crippen LogP contribution in [-0.4, -0.2) is 37.2 Å². The van der Waals surface area contributed by atoms with Crippen LogP contribution >= 0.6 is 0 Å². The highest BCUT2D eigenvalue weighted by Crippen LogP contribution is 2.15. The van der Waals surface area contributed by atoms with E-state index in [1.54, 1.807) is 0 Å². The van der Waals surface area contributed by atoms with Gasteiger partial charge in [-0.25, -0.2) is 0 Å². The number of rotatable bonds is 43. The van der Waals surface area contributed by atoms with Gasteiger partial charge in [-0.15, -0.1) is 0 Å². The van der Waals surface area contributed by atoms with E-state index < -0.39 is 6.10 Å². The van der Waals surface area contributed by atoms with Gasteiger partial charge in [-0.3, -0.25) is 14.4 Å². The molecule has 0 bridgehead atoms. The molecule has 0 N–H and O–H groups in total. The van der Waals surface area contributed by atoms with E-state index >= 15 is 0 Å². The second-order valence-corrected chi connectivity index (χ2v) is 16.1. The number of carbonyl (C=O) groups excluding carboxylic acids is 3. The first-order valence-corrected chi connectivity index (χ1v) is 23.9. The largest absolute Gasteiger partial charge is 0.462 e. The Morgan fingerprint density at radius 1 is 0.364 bits per heavy atom. The Balaban J connectivity index is 4.36. The van der Waals surface area contributed by atoms with Gasteiger partial charge in [-0.2, -0.15) is 0 Å². The van der Waals surface area contributed by atoms with Crippen molar-refractivity contribution in [2.24, 2.45) is 0 Å². The molecule has 0 aromatic carbocycles. The fraction of sp³-hybridized carbons (Fsp3) is 0.857. The summed E-state index contributed by atoms with van der Waals surface area (Å²) >= 11 is 0. The van der Waals surface area contributed by atoms with Crippen LogP contribution in [-0.2, 0) is 28.6 Å². The van der Waals surface area contributed by atoms with Crippen molar-refractivity contribution in [3.8, 4) is 0 Å².